The Morgan fingerprint density at radius 3 is 2.64 bits per heavy atom. The second-order valence-electron chi connectivity index (χ2n) is 7.94. The lowest BCUT2D eigenvalue weighted by atomic mass is 10.0. The Balaban J connectivity index is 0.00000149. The molecule has 1 saturated heterocycles. The van der Waals surface area contributed by atoms with Crippen LogP contribution in [0, 0.1) is 6.92 Å². The first-order valence-electron chi connectivity index (χ1n) is 11.4. The summed E-state index contributed by atoms with van der Waals surface area (Å²) >= 11 is 0. The molecule has 0 atom stereocenters. The summed E-state index contributed by atoms with van der Waals surface area (Å²) in [6.07, 6.45) is 0.833. The lowest BCUT2D eigenvalue weighted by molar-refractivity contribution is 0.0649. The van der Waals surface area contributed by atoms with Crippen molar-refractivity contribution in [3.05, 3.63) is 34.6 Å². The van der Waals surface area contributed by atoms with Crippen LogP contribution in [0.4, 0.5) is 25.2 Å². The van der Waals surface area contributed by atoms with Crippen molar-refractivity contribution in [2.75, 3.05) is 38.8 Å². The van der Waals surface area contributed by atoms with Crippen LogP contribution in [0.5, 0.6) is 0 Å². The van der Waals surface area contributed by atoms with Crippen molar-refractivity contribution < 1.29 is 23.0 Å². The molecule has 2 aliphatic rings. The molecular weight excluding hydrogens is 432 g/mol. The van der Waals surface area contributed by atoms with Gasteiger partial charge in [0.05, 0.1) is 19.7 Å². The molecule has 0 spiro atoms. The Labute approximate surface area is 193 Å². The summed E-state index contributed by atoms with van der Waals surface area (Å²) in [5.74, 6) is 1.00. The average molecular weight is 466 g/mol. The number of pyridine rings is 1. The summed E-state index contributed by atoms with van der Waals surface area (Å²) in [6, 6.07) is 1.61. The molecule has 0 bridgehead atoms. The number of ether oxygens (including phenoxy) is 2. The van der Waals surface area contributed by atoms with E-state index in [0.717, 1.165) is 24.1 Å². The first-order chi connectivity index (χ1) is 15.9. The highest BCUT2D eigenvalue weighted by Gasteiger charge is 2.32. The number of anilines is 2. The number of amides is 1. The van der Waals surface area contributed by atoms with Crippen LogP contribution in [-0.2, 0) is 22.4 Å². The average Bonchev–Trinajstić information content (AvgIpc) is 3.24. The Kier molecular flexibility index (Phi) is 8.23. The van der Waals surface area contributed by atoms with Gasteiger partial charge in [0, 0.05) is 56.2 Å². The zero-order valence-electron chi connectivity index (χ0n) is 20.0. The second kappa shape index (κ2) is 10.9. The van der Waals surface area contributed by atoms with Crippen molar-refractivity contribution in [1.29, 1.82) is 0 Å². The van der Waals surface area contributed by atoms with Gasteiger partial charge in [-0.25, -0.2) is 18.6 Å². The molecule has 8 nitrogen and oxygen atoms in total. The molecule has 0 N–H and O–H groups in total. The summed E-state index contributed by atoms with van der Waals surface area (Å²) in [7, 11) is 3.12. The molecule has 4 heterocycles. The van der Waals surface area contributed by atoms with Crippen molar-refractivity contribution >= 4 is 17.7 Å². The van der Waals surface area contributed by atoms with Crippen molar-refractivity contribution in [3.63, 3.8) is 0 Å². The Bertz CT molecular complexity index is 960. The van der Waals surface area contributed by atoms with Gasteiger partial charge in [0.1, 0.15) is 5.82 Å². The molecule has 2 aromatic rings. The van der Waals surface area contributed by atoms with E-state index in [2.05, 4.69) is 4.98 Å². The van der Waals surface area contributed by atoms with E-state index < -0.39 is 12.5 Å². The minimum Gasteiger partial charge on any atom is -0.453 e. The number of rotatable bonds is 4. The number of hydrogen-bond acceptors (Lipinski definition) is 6. The van der Waals surface area contributed by atoms with E-state index in [-0.39, 0.29) is 11.6 Å². The highest BCUT2D eigenvalue weighted by Crippen LogP contribution is 2.36. The maximum Gasteiger partial charge on any atom is 0.409 e. The normalized spacial score (nSPS) is 16.2. The second-order valence-corrected chi connectivity index (χ2v) is 7.94. The number of aryl methyl sites for hydroxylation is 1. The predicted molar refractivity (Wildman–Crippen MR) is 121 cm³/mol. The Morgan fingerprint density at radius 1 is 1.30 bits per heavy atom. The quantitative estimate of drug-likeness (QED) is 0.646. The van der Waals surface area contributed by atoms with Crippen molar-refractivity contribution in [3.8, 4) is 0 Å². The number of carbonyl (C=O) groups is 1. The SMILES string of the molecule is CC.COC(=O)N1CCc2c(c(N(C)c3cc(C(F)F)c(C)cn3)nn2C2CCOCC2)C1. The van der Waals surface area contributed by atoms with Crippen LogP contribution in [0.25, 0.3) is 0 Å². The highest BCUT2D eigenvalue weighted by atomic mass is 19.3. The number of fused-ring (bicyclic) bond motifs is 1. The van der Waals surface area contributed by atoms with Gasteiger partial charge in [0.15, 0.2) is 5.82 Å². The first kappa shape index (κ1) is 24.9. The molecule has 182 valence electrons. The van der Waals surface area contributed by atoms with Crippen LogP contribution in [0.15, 0.2) is 12.3 Å². The largest absolute Gasteiger partial charge is 0.453 e. The van der Waals surface area contributed by atoms with Crippen LogP contribution in [0.2, 0.25) is 0 Å². The number of halogens is 2. The highest BCUT2D eigenvalue weighted by molar-refractivity contribution is 5.69. The van der Waals surface area contributed by atoms with Crippen LogP contribution in [0.1, 0.15) is 61.5 Å². The van der Waals surface area contributed by atoms with E-state index in [1.807, 2.05) is 18.5 Å². The number of nitrogens with zero attached hydrogens (tertiary/aromatic N) is 5. The predicted octanol–water partition coefficient (Wildman–Crippen LogP) is 4.79. The number of hydrogen-bond donors (Lipinski definition) is 0. The molecule has 0 saturated carbocycles. The monoisotopic (exact) mass is 465 g/mol. The van der Waals surface area contributed by atoms with E-state index in [9.17, 15) is 13.6 Å². The van der Waals surface area contributed by atoms with Gasteiger partial charge in [-0.15, -0.1) is 0 Å². The van der Waals surface area contributed by atoms with E-state index in [0.29, 0.717) is 49.9 Å². The van der Waals surface area contributed by atoms with E-state index >= 15 is 0 Å². The van der Waals surface area contributed by atoms with E-state index in [1.54, 1.807) is 23.8 Å². The Morgan fingerprint density at radius 2 is 2.00 bits per heavy atom. The third-order valence-electron chi connectivity index (χ3n) is 6.06. The molecule has 1 amide bonds. The molecule has 10 heteroatoms. The lowest BCUT2D eigenvalue weighted by Crippen LogP contribution is -2.37. The molecule has 33 heavy (non-hydrogen) atoms. The van der Waals surface area contributed by atoms with E-state index in [1.165, 1.54) is 19.4 Å². The van der Waals surface area contributed by atoms with Crippen molar-refractivity contribution in [2.45, 2.75) is 59.0 Å². The third kappa shape index (κ3) is 5.10. The van der Waals surface area contributed by atoms with Gasteiger partial charge in [-0.2, -0.15) is 5.10 Å². The van der Waals surface area contributed by atoms with Crippen LogP contribution < -0.4 is 4.90 Å². The topological polar surface area (TPSA) is 72.7 Å². The van der Waals surface area contributed by atoms with Crippen molar-refractivity contribution in [1.82, 2.24) is 19.7 Å². The molecule has 0 aliphatic carbocycles. The van der Waals surface area contributed by atoms with Gasteiger partial charge >= 0.3 is 6.09 Å². The molecule has 0 unspecified atom stereocenters. The summed E-state index contributed by atoms with van der Waals surface area (Å²) in [4.78, 5) is 19.9. The first-order valence-corrected chi connectivity index (χ1v) is 11.4. The summed E-state index contributed by atoms with van der Waals surface area (Å²) < 4.78 is 39.3. The zero-order chi connectivity index (χ0) is 24.1. The number of alkyl halides is 2. The van der Waals surface area contributed by atoms with Gasteiger partial charge in [-0.1, -0.05) is 13.8 Å². The Hall–Kier alpha value is -2.75. The number of methoxy groups -OCH3 is 1. The van der Waals surface area contributed by atoms with E-state index in [4.69, 9.17) is 14.6 Å². The maximum absolute atomic E-state index is 13.4. The minimum atomic E-state index is -2.58. The van der Waals surface area contributed by atoms with Gasteiger partial charge < -0.3 is 19.3 Å². The maximum atomic E-state index is 13.4. The van der Waals surface area contributed by atoms with Crippen LogP contribution in [-0.4, -0.2) is 59.7 Å². The molecule has 2 aliphatic heterocycles. The number of carbonyl (C=O) groups excluding carboxylic acids is 1. The summed E-state index contributed by atoms with van der Waals surface area (Å²) in [6.45, 7) is 7.86. The van der Waals surface area contributed by atoms with Crippen LogP contribution >= 0.6 is 0 Å². The molecule has 1 fully saturated rings. The molecule has 0 radical (unpaired) electrons. The van der Waals surface area contributed by atoms with Gasteiger partial charge in [0.25, 0.3) is 6.43 Å². The zero-order valence-corrected chi connectivity index (χ0v) is 20.0. The molecule has 0 aromatic carbocycles. The van der Waals surface area contributed by atoms with Gasteiger partial charge in [-0.3, -0.25) is 4.68 Å². The fourth-order valence-electron chi connectivity index (χ4n) is 4.27. The van der Waals surface area contributed by atoms with Gasteiger partial charge in [-0.05, 0) is 31.4 Å². The van der Waals surface area contributed by atoms with Crippen molar-refractivity contribution in [2.24, 2.45) is 0 Å². The minimum absolute atomic E-state index is 0.0502. The lowest BCUT2D eigenvalue weighted by Gasteiger charge is -2.29. The smallest absolute Gasteiger partial charge is 0.409 e. The number of aromatic nitrogens is 3. The summed E-state index contributed by atoms with van der Waals surface area (Å²) in [5, 5.41) is 4.89. The van der Waals surface area contributed by atoms with Gasteiger partial charge in [0.2, 0.25) is 0 Å². The fourth-order valence-corrected chi connectivity index (χ4v) is 4.27. The third-order valence-corrected chi connectivity index (χ3v) is 6.06. The van der Waals surface area contributed by atoms with Crippen LogP contribution in [0.3, 0.4) is 0 Å². The molecular formula is C23H33F2N5O3. The molecule has 2 aromatic heterocycles. The standard InChI is InChI=1S/C21H27F2N5O3.C2H6/c1-13-11-24-18(10-15(13)19(22)23)26(2)20-16-12-27(21(29)30-3)7-4-17(16)28(25-20)14-5-8-31-9-6-14;1-2/h10-11,14,19H,4-9,12H2,1-3H3;1-2H3. The fraction of sp³-hybridized carbons (Fsp3) is 0.609. The summed E-state index contributed by atoms with van der Waals surface area (Å²) in [5.41, 5.74) is 2.35. The molecule has 4 rings (SSSR count).